The highest BCUT2D eigenvalue weighted by atomic mass is 16.5. The molecule has 2 N–H and O–H groups in total. The van der Waals surface area contributed by atoms with Crippen molar-refractivity contribution in [3.8, 4) is 17.0 Å². The molecule has 1 aliphatic carbocycles. The predicted molar refractivity (Wildman–Crippen MR) is 143 cm³/mol. The summed E-state index contributed by atoms with van der Waals surface area (Å²) in [6, 6.07) is 12.3. The third-order valence-corrected chi connectivity index (χ3v) is 7.23. The Morgan fingerprint density at radius 3 is 2.68 bits per heavy atom. The fourth-order valence-electron chi connectivity index (χ4n) is 5.01. The normalized spacial score (nSPS) is 16.2. The molecule has 9 heteroatoms. The minimum atomic E-state index is 0.300. The van der Waals surface area contributed by atoms with Gasteiger partial charge in [-0.1, -0.05) is 6.07 Å². The number of H-pyrrole nitrogens is 1. The smallest absolute Gasteiger partial charge is 0.225 e. The average Bonchev–Trinajstić information content (AvgIpc) is 3.69. The monoisotopic (exact) mass is 497 g/mol. The van der Waals surface area contributed by atoms with Crippen LogP contribution in [0.4, 0.5) is 11.8 Å². The van der Waals surface area contributed by atoms with Crippen LogP contribution in [0.5, 0.6) is 5.88 Å². The summed E-state index contributed by atoms with van der Waals surface area (Å²) in [7, 11) is 1.64. The molecule has 0 radical (unpaired) electrons. The average molecular weight is 498 g/mol. The van der Waals surface area contributed by atoms with Gasteiger partial charge in [0.25, 0.3) is 0 Å². The molecule has 1 aliphatic heterocycles. The third-order valence-electron chi connectivity index (χ3n) is 7.23. The first kappa shape index (κ1) is 23.4. The molecule has 3 aromatic heterocycles. The lowest BCUT2D eigenvalue weighted by Crippen LogP contribution is -2.48. The van der Waals surface area contributed by atoms with Crippen molar-refractivity contribution in [2.75, 3.05) is 38.6 Å². The topological polar surface area (TPSA) is 99.3 Å². The Morgan fingerprint density at radius 2 is 1.89 bits per heavy atom. The number of benzene rings is 1. The highest BCUT2D eigenvalue weighted by Crippen LogP contribution is 2.32. The zero-order valence-electron chi connectivity index (χ0n) is 21.2. The third kappa shape index (κ3) is 4.99. The van der Waals surface area contributed by atoms with Gasteiger partial charge in [-0.2, -0.15) is 0 Å². The summed E-state index contributed by atoms with van der Waals surface area (Å²) in [5.74, 6) is 2.67. The zero-order valence-corrected chi connectivity index (χ0v) is 21.2. The van der Waals surface area contributed by atoms with Gasteiger partial charge >= 0.3 is 0 Å². The fraction of sp³-hybridized carbons (Fsp3) is 0.357. The molecule has 190 valence electrons. The Balaban J connectivity index is 1.13. The van der Waals surface area contributed by atoms with E-state index in [9.17, 15) is 4.79 Å². The maximum atomic E-state index is 12.3. The van der Waals surface area contributed by atoms with Gasteiger partial charge in [-0.3, -0.25) is 9.69 Å². The van der Waals surface area contributed by atoms with Crippen LogP contribution in [-0.2, 0) is 11.3 Å². The van der Waals surface area contributed by atoms with Crippen LogP contribution < -0.4 is 10.1 Å². The van der Waals surface area contributed by atoms with Crippen molar-refractivity contribution in [3.05, 3.63) is 59.9 Å². The molecule has 1 aromatic carbocycles. The van der Waals surface area contributed by atoms with E-state index in [1.807, 2.05) is 36.2 Å². The number of carbonyl (C=O) groups is 1. The van der Waals surface area contributed by atoms with E-state index in [0.717, 1.165) is 79.1 Å². The molecule has 0 spiro atoms. The van der Waals surface area contributed by atoms with E-state index < -0.39 is 0 Å². The number of rotatable bonds is 7. The lowest BCUT2D eigenvalue weighted by Gasteiger charge is -2.34. The van der Waals surface area contributed by atoms with Gasteiger partial charge < -0.3 is 19.9 Å². The molecule has 4 heterocycles. The van der Waals surface area contributed by atoms with Gasteiger partial charge in [-0.25, -0.2) is 15.0 Å². The molecule has 1 saturated carbocycles. The number of nitrogens with zero attached hydrogens (tertiary/aromatic N) is 5. The Morgan fingerprint density at radius 1 is 1.08 bits per heavy atom. The summed E-state index contributed by atoms with van der Waals surface area (Å²) >= 11 is 0. The van der Waals surface area contributed by atoms with Gasteiger partial charge in [0.1, 0.15) is 5.82 Å². The van der Waals surface area contributed by atoms with E-state index in [1.165, 1.54) is 5.56 Å². The second kappa shape index (κ2) is 9.82. The van der Waals surface area contributed by atoms with Crippen LogP contribution in [0, 0.1) is 12.8 Å². The quantitative estimate of drug-likeness (QED) is 0.396. The lowest BCUT2D eigenvalue weighted by atomic mass is 10.0. The number of hydrogen-bond acceptors (Lipinski definition) is 7. The van der Waals surface area contributed by atoms with Gasteiger partial charge in [0.15, 0.2) is 0 Å². The van der Waals surface area contributed by atoms with Crippen molar-refractivity contribution < 1.29 is 9.53 Å². The van der Waals surface area contributed by atoms with E-state index in [-0.39, 0.29) is 0 Å². The number of carbonyl (C=O) groups excluding carboxylic acids is 1. The summed E-state index contributed by atoms with van der Waals surface area (Å²) in [4.78, 5) is 33.6. The van der Waals surface area contributed by atoms with Gasteiger partial charge in [-0.05, 0) is 66.8 Å². The summed E-state index contributed by atoms with van der Waals surface area (Å²) in [5.41, 5.74) is 6.13. The van der Waals surface area contributed by atoms with E-state index in [2.05, 4.69) is 43.4 Å². The van der Waals surface area contributed by atoms with Crippen molar-refractivity contribution in [1.82, 2.24) is 29.7 Å². The molecule has 0 unspecified atom stereocenters. The molecule has 0 bridgehead atoms. The first-order chi connectivity index (χ1) is 18.1. The Kier molecular flexibility index (Phi) is 6.21. The number of imidazole rings is 1. The molecule has 2 fully saturated rings. The molecular weight excluding hydrogens is 466 g/mol. The number of ether oxygens (including phenoxy) is 1. The second-order valence-corrected chi connectivity index (χ2v) is 9.86. The molecule has 4 aromatic rings. The number of anilines is 2. The minimum absolute atomic E-state index is 0.300. The van der Waals surface area contributed by atoms with E-state index in [4.69, 9.17) is 9.72 Å². The second-order valence-electron chi connectivity index (χ2n) is 9.86. The molecule has 1 saturated heterocycles. The Hall–Kier alpha value is -3.98. The number of pyridine rings is 2. The number of fused-ring (bicyclic) bond motifs is 1. The van der Waals surface area contributed by atoms with E-state index in [0.29, 0.717) is 23.7 Å². The lowest BCUT2D eigenvalue weighted by molar-refractivity contribution is -0.134. The first-order valence-corrected chi connectivity index (χ1v) is 12.8. The standard InChI is InChI=1S/C28H31N7O2/c1-18-22(8-10-30-26(18)37-2)21-5-6-23-24(16-21)32-28(31-23)33-25-15-19(7-9-29-25)17-34-11-13-35(14-12-34)27(36)20-3-4-20/h5-10,15-16,20H,3-4,11-14,17H2,1-2H3,(H2,29,31,32,33). The van der Waals surface area contributed by atoms with Crippen LogP contribution in [-0.4, -0.2) is 68.9 Å². The maximum absolute atomic E-state index is 12.3. The number of hydrogen-bond donors (Lipinski definition) is 2. The number of nitrogens with one attached hydrogen (secondary N) is 2. The molecule has 9 nitrogen and oxygen atoms in total. The first-order valence-electron chi connectivity index (χ1n) is 12.8. The van der Waals surface area contributed by atoms with Crippen LogP contribution in [0.2, 0.25) is 0 Å². The number of aromatic amines is 1. The summed E-state index contributed by atoms with van der Waals surface area (Å²) in [6.07, 6.45) is 5.72. The van der Waals surface area contributed by atoms with Gasteiger partial charge in [-0.15, -0.1) is 0 Å². The van der Waals surface area contributed by atoms with E-state index >= 15 is 0 Å². The van der Waals surface area contributed by atoms with Crippen molar-refractivity contribution >= 4 is 28.7 Å². The Bertz CT molecular complexity index is 1440. The van der Waals surface area contributed by atoms with Gasteiger partial charge in [0.05, 0.1) is 18.1 Å². The largest absolute Gasteiger partial charge is 0.481 e. The highest BCUT2D eigenvalue weighted by Gasteiger charge is 2.34. The fourth-order valence-corrected chi connectivity index (χ4v) is 5.01. The molecular formula is C28H31N7O2. The number of piperazine rings is 1. The van der Waals surface area contributed by atoms with Crippen LogP contribution in [0.15, 0.2) is 48.8 Å². The predicted octanol–water partition coefficient (Wildman–Crippen LogP) is 4.13. The van der Waals surface area contributed by atoms with Crippen LogP contribution in [0.1, 0.15) is 24.0 Å². The number of methoxy groups -OCH3 is 1. The summed E-state index contributed by atoms with van der Waals surface area (Å²) in [5, 5.41) is 3.32. The van der Waals surface area contributed by atoms with Crippen molar-refractivity contribution in [1.29, 1.82) is 0 Å². The maximum Gasteiger partial charge on any atom is 0.225 e. The number of amides is 1. The van der Waals surface area contributed by atoms with Crippen LogP contribution >= 0.6 is 0 Å². The summed E-state index contributed by atoms with van der Waals surface area (Å²) in [6.45, 7) is 6.28. The van der Waals surface area contributed by atoms with Crippen molar-refractivity contribution in [3.63, 3.8) is 0 Å². The minimum Gasteiger partial charge on any atom is -0.481 e. The SMILES string of the molecule is COc1nccc(-c2ccc3nc(Nc4cc(CN5CCN(C(=O)C6CC6)CC5)ccn4)[nH]c3c2)c1C. The van der Waals surface area contributed by atoms with Gasteiger partial charge in [0.2, 0.25) is 17.7 Å². The zero-order chi connectivity index (χ0) is 25.4. The van der Waals surface area contributed by atoms with Crippen molar-refractivity contribution in [2.24, 2.45) is 5.92 Å². The highest BCUT2D eigenvalue weighted by molar-refractivity contribution is 5.85. The van der Waals surface area contributed by atoms with Crippen LogP contribution in [0.3, 0.4) is 0 Å². The molecule has 6 rings (SSSR count). The van der Waals surface area contributed by atoms with Crippen LogP contribution in [0.25, 0.3) is 22.2 Å². The molecule has 0 atom stereocenters. The Labute approximate surface area is 215 Å². The van der Waals surface area contributed by atoms with Gasteiger partial charge in [0, 0.05) is 56.6 Å². The molecule has 2 aliphatic rings. The molecule has 37 heavy (non-hydrogen) atoms. The van der Waals surface area contributed by atoms with E-state index in [1.54, 1.807) is 13.3 Å². The number of aromatic nitrogens is 4. The van der Waals surface area contributed by atoms with Crippen molar-refractivity contribution in [2.45, 2.75) is 26.3 Å². The molecule has 1 amide bonds. The summed E-state index contributed by atoms with van der Waals surface area (Å²) < 4.78 is 5.38.